The zero-order valence-corrected chi connectivity index (χ0v) is 15.0. The van der Waals surface area contributed by atoms with E-state index in [9.17, 15) is 9.90 Å². The second-order valence-electron chi connectivity index (χ2n) is 7.19. The van der Waals surface area contributed by atoms with Gasteiger partial charge in [-0.05, 0) is 18.4 Å². The van der Waals surface area contributed by atoms with E-state index in [1.54, 1.807) is 0 Å². The highest BCUT2D eigenvalue weighted by Gasteiger charge is 2.47. The largest absolute Gasteiger partial charge is 0.450 e. The van der Waals surface area contributed by atoms with Gasteiger partial charge in [0.2, 0.25) is 0 Å². The van der Waals surface area contributed by atoms with Crippen LogP contribution >= 0.6 is 0 Å². The molecule has 136 valence electrons. The smallest absolute Gasteiger partial charge is 0.343 e. The lowest BCUT2D eigenvalue weighted by Gasteiger charge is -2.36. The maximum atomic E-state index is 13.0. The van der Waals surface area contributed by atoms with E-state index in [0.717, 1.165) is 51.0 Å². The lowest BCUT2D eigenvalue weighted by Crippen LogP contribution is -2.48. The summed E-state index contributed by atoms with van der Waals surface area (Å²) in [6.45, 7) is 2.02. The first-order valence-corrected chi connectivity index (χ1v) is 9.38. The average Bonchev–Trinajstić information content (AvgIpc) is 2.68. The molecule has 5 heteroatoms. The number of rotatable bonds is 5. The van der Waals surface area contributed by atoms with Crippen LogP contribution in [0.15, 0.2) is 30.3 Å². The molecule has 1 aromatic carbocycles. The molecule has 1 aliphatic carbocycles. The number of amidine groups is 1. The van der Waals surface area contributed by atoms with Gasteiger partial charge in [0.05, 0.1) is 20.1 Å². The van der Waals surface area contributed by atoms with Crippen LogP contribution in [0, 0.1) is 5.92 Å². The number of carbonyl (C=O) groups excluding carboxylic acids is 1. The number of hydrogen-bond acceptors (Lipinski definition) is 4. The summed E-state index contributed by atoms with van der Waals surface area (Å²) in [5.74, 6) is 0.288. The Balaban J connectivity index is 1.80. The fourth-order valence-electron chi connectivity index (χ4n) is 3.96. The van der Waals surface area contributed by atoms with E-state index in [0.29, 0.717) is 5.56 Å². The van der Waals surface area contributed by atoms with Crippen molar-refractivity contribution in [1.82, 2.24) is 5.32 Å². The normalized spacial score (nSPS) is 21.4. The van der Waals surface area contributed by atoms with E-state index < -0.39 is 11.6 Å². The molecule has 1 aliphatic heterocycles. The van der Waals surface area contributed by atoms with Crippen LogP contribution in [0.2, 0.25) is 0 Å². The lowest BCUT2D eigenvalue weighted by atomic mass is 9.73. The molecule has 2 N–H and O–H groups in total. The second-order valence-corrected chi connectivity index (χ2v) is 7.19. The van der Waals surface area contributed by atoms with Crippen LogP contribution in [-0.2, 0) is 15.1 Å². The molecule has 5 nitrogen and oxygen atoms in total. The molecule has 0 bridgehead atoms. The molecular weight excluding hydrogens is 316 g/mol. The SMILES string of the molecule is C[N+]1=C(COC(=O)[C@](O)(c2ccccc2)C2CCCCC2)NCCC1. The molecule has 1 saturated carbocycles. The van der Waals surface area contributed by atoms with Crippen LogP contribution in [0.3, 0.4) is 0 Å². The molecule has 0 saturated heterocycles. The quantitative estimate of drug-likeness (QED) is 0.633. The van der Waals surface area contributed by atoms with Crippen molar-refractivity contribution in [3.05, 3.63) is 35.9 Å². The van der Waals surface area contributed by atoms with Crippen molar-refractivity contribution >= 4 is 11.8 Å². The Hall–Kier alpha value is -1.88. The Morgan fingerprint density at radius 1 is 1.24 bits per heavy atom. The van der Waals surface area contributed by atoms with Crippen molar-refractivity contribution in [3.63, 3.8) is 0 Å². The van der Waals surface area contributed by atoms with Crippen LogP contribution in [0.25, 0.3) is 0 Å². The summed E-state index contributed by atoms with van der Waals surface area (Å²) in [6.07, 6.45) is 6.06. The van der Waals surface area contributed by atoms with Crippen LogP contribution < -0.4 is 5.32 Å². The van der Waals surface area contributed by atoms with Crippen molar-refractivity contribution in [3.8, 4) is 0 Å². The Bertz CT molecular complexity index is 623. The summed E-state index contributed by atoms with van der Waals surface area (Å²) in [4.78, 5) is 13.0. The highest BCUT2D eigenvalue weighted by atomic mass is 16.6. The van der Waals surface area contributed by atoms with Gasteiger partial charge in [0.15, 0.2) is 12.2 Å². The van der Waals surface area contributed by atoms with Gasteiger partial charge in [-0.15, -0.1) is 0 Å². The molecule has 0 aromatic heterocycles. The van der Waals surface area contributed by atoms with Gasteiger partial charge < -0.3 is 9.84 Å². The summed E-state index contributed by atoms with van der Waals surface area (Å²) in [5, 5.41) is 14.7. The van der Waals surface area contributed by atoms with Crippen molar-refractivity contribution in [1.29, 1.82) is 0 Å². The molecule has 1 heterocycles. The molecule has 25 heavy (non-hydrogen) atoms. The topological polar surface area (TPSA) is 61.6 Å². The van der Waals surface area contributed by atoms with E-state index in [1.165, 1.54) is 6.42 Å². The van der Waals surface area contributed by atoms with E-state index in [-0.39, 0.29) is 12.5 Å². The Kier molecular flexibility index (Phi) is 5.74. The second kappa shape index (κ2) is 8.00. The fourth-order valence-corrected chi connectivity index (χ4v) is 3.96. The first-order chi connectivity index (χ1) is 12.1. The number of esters is 1. The predicted molar refractivity (Wildman–Crippen MR) is 96.6 cm³/mol. The molecule has 0 amide bonds. The summed E-state index contributed by atoms with van der Waals surface area (Å²) >= 11 is 0. The Morgan fingerprint density at radius 3 is 2.64 bits per heavy atom. The van der Waals surface area contributed by atoms with E-state index in [2.05, 4.69) is 9.89 Å². The highest BCUT2D eigenvalue weighted by Crippen LogP contribution is 2.40. The standard InChI is InChI=1S/C20H28N2O3/c1-22-14-8-13-21-18(22)15-25-19(23)20(24,16-9-4-2-5-10-16)17-11-6-3-7-12-17/h2,4-5,9-10,17,24H,3,6-8,11-15H2,1H3/p+1/t20-/m0/s1. The van der Waals surface area contributed by atoms with Gasteiger partial charge >= 0.3 is 5.97 Å². The maximum Gasteiger partial charge on any atom is 0.343 e. The zero-order chi connectivity index (χ0) is 17.7. The third kappa shape index (κ3) is 3.87. The zero-order valence-electron chi connectivity index (χ0n) is 15.0. The monoisotopic (exact) mass is 345 g/mol. The van der Waals surface area contributed by atoms with Crippen molar-refractivity contribution in [2.75, 3.05) is 26.7 Å². The van der Waals surface area contributed by atoms with E-state index in [1.807, 2.05) is 37.4 Å². The van der Waals surface area contributed by atoms with Crippen molar-refractivity contribution in [2.24, 2.45) is 5.92 Å². The van der Waals surface area contributed by atoms with Crippen molar-refractivity contribution in [2.45, 2.75) is 44.1 Å². The van der Waals surface area contributed by atoms with Crippen LogP contribution in [0.4, 0.5) is 0 Å². The minimum atomic E-state index is -1.56. The minimum absolute atomic E-state index is 0.0850. The number of nitrogens with one attached hydrogen (secondary N) is 1. The predicted octanol–water partition coefficient (Wildman–Crippen LogP) is 2.03. The maximum absolute atomic E-state index is 13.0. The average molecular weight is 345 g/mol. The highest BCUT2D eigenvalue weighted by molar-refractivity contribution is 5.85. The molecule has 0 radical (unpaired) electrons. The fraction of sp³-hybridized carbons (Fsp3) is 0.600. The first kappa shape index (κ1) is 17.9. The van der Waals surface area contributed by atoms with Crippen LogP contribution in [0.5, 0.6) is 0 Å². The number of carbonyl (C=O) groups is 1. The number of hydrogen-bond donors (Lipinski definition) is 2. The third-order valence-electron chi connectivity index (χ3n) is 5.52. The van der Waals surface area contributed by atoms with Gasteiger partial charge in [-0.2, -0.15) is 0 Å². The van der Waals surface area contributed by atoms with Gasteiger partial charge in [0, 0.05) is 12.3 Å². The summed E-state index contributed by atoms with van der Waals surface area (Å²) in [5.41, 5.74) is -0.919. The molecule has 1 aromatic rings. The summed E-state index contributed by atoms with van der Waals surface area (Å²) in [7, 11) is 1.99. The number of benzene rings is 1. The minimum Gasteiger partial charge on any atom is -0.450 e. The number of nitrogens with zero attached hydrogens (tertiary/aromatic N) is 1. The molecule has 3 rings (SSSR count). The Labute approximate surface area is 149 Å². The number of aliphatic hydroxyl groups is 1. The summed E-state index contributed by atoms with van der Waals surface area (Å²) < 4.78 is 7.66. The molecule has 0 spiro atoms. The van der Waals surface area contributed by atoms with E-state index >= 15 is 0 Å². The van der Waals surface area contributed by atoms with Gasteiger partial charge in [-0.25, -0.2) is 4.79 Å². The van der Waals surface area contributed by atoms with Crippen molar-refractivity contribution < 1.29 is 19.2 Å². The molecule has 1 atom stereocenters. The van der Waals surface area contributed by atoms with Gasteiger partial charge in [-0.1, -0.05) is 49.6 Å². The van der Waals surface area contributed by atoms with Gasteiger partial charge in [0.25, 0.3) is 5.84 Å². The number of ether oxygens (including phenoxy) is 1. The van der Waals surface area contributed by atoms with Crippen LogP contribution in [-0.4, -0.2) is 48.2 Å². The molecule has 2 aliphatic rings. The van der Waals surface area contributed by atoms with Crippen LogP contribution in [0.1, 0.15) is 44.1 Å². The van der Waals surface area contributed by atoms with Gasteiger partial charge in [-0.3, -0.25) is 9.89 Å². The molecule has 1 fully saturated rings. The first-order valence-electron chi connectivity index (χ1n) is 9.38. The molecule has 0 unspecified atom stereocenters. The van der Waals surface area contributed by atoms with E-state index in [4.69, 9.17) is 4.74 Å². The van der Waals surface area contributed by atoms with Gasteiger partial charge in [0.1, 0.15) is 0 Å². The lowest BCUT2D eigenvalue weighted by molar-refractivity contribution is -0.505. The Morgan fingerprint density at radius 2 is 1.96 bits per heavy atom. The molecular formula is C20H29N2O3+. The third-order valence-corrected chi connectivity index (χ3v) is 5.52. The summed E-state index contributed by atoms with van der Waals surface area (Å²) in [6, 6.07) is 9.28.